The van der Waals surface area contributed by atoms with Gasteiger partial charge in [0.2, 0.25) is 5.91 Å². The van der Waals surface area contributed by atoms with Gasteiger partial charge in [-0.15, -0.1) is 0 Å². The molecule has 0 spiro atoms. The quantitative estimate of drug-likeness (QED) is 0.520. The monoisotopic (exact) mass is 427 g/mol. The molecule has 0 aliphatic heterocycles. The summed E-state index contributed by atoms with van der Waals surface area (Å²) in [6.07, 6.45) is -0.0378. The molecule has 9 nitrogen and oxygen atoms in total. The maximum absolute atomic E-state index is 12.5. The van der Waals surface area contributed by atoms with Gasteiger partial charge in [-0.05, 0) is 31.2 Å². The van der Waals surface area contributed by atoms with Gasteiger partial charge in [0.05, 0.1) is 12.2 Å². The van der Waals surface area contributed by atoms with Crippen LogP contribution in [0.15, 0.2) is 54.6 Å². The lowest BCUT2D eigenvalue weighted by molar-refractivity contribution is -0.146. The number of nitrogens with zero attached hydrogens (tertiary/aromatic N) is 1. The lowest BCUT2D eigenvalue weighted by Crippen LogP contribution is -2.38. The van der Waals surface area contributed by atoms with Crippen molar-refractivity contribution in [3.8, 4) is 5.75 Å². The van der Waals surface area contributed by atoms with Crippen molar-refractivity contribution < 1.29 is 28.7 Å². The second kappa shape index (κ2) is 12.0. The van der Waals surface area contributed by atoms with Crippen LogP contribution < -0.4 is 20.7 Å². The number of benzene rings is 2. The average Bonchev–Trinajstić information content (AvgIpc) is 2.77. The Bertz CT molecular complexity index is 916. The molecule has 0 saturated heterocycles. The molecule has 0 radical (unpaired) electrons. The van der Waals surface area contributed by atoms with Gasteiger partial charge in [-0.3, -0.25) is 19.2 Å². The van der Waals surface area contributed by atoms with E-state index in [0.29, 0.717) is 18.0 Å². The third-order valence-corrected chi connectivity index (χ3v) is 4.13. The molecule has 164 valence electrons. The first-order valence-corrected chi connectivity index (χ1v) is 9.71. The Balaban J connectivity index is 1.89. The standard InChI is InChI=1S/C22H25N3O6/c1-2-30-18-11-7-6-10-17(18)22(29)24-14-21(28)31-15-20(27)25(13-12-19(23)26)16-8-4-3-5-9-16/h3-11H,2,12-15H2,1H3,(H2,23,26)(H,24,29). The van der Waals surface area contributed by atoms with E-state index < -0.39 is 36.8 Å². The Labute approximate surface area is 180 Å². The van der Waals surface area contributed by atoms with Gasteiger partial charge in [0.25, 0.3) is 11.8 Å². The molecule has 9 heteroatoms. The summed E-state index contributed by atoms with van der Waals surface area (Å²) in [5.74, 6) is -1.95. The molecule has 2 aromatic rings. The van der Waals surface area contributed by atoms with E-state index in [2.05, 4.69) is 5.32 Å². The van der Waals surface area contributed by atoms with Crippen LogP contribution in [-0.2, 0) is 19.1 Å². The summed E-state index contributed by atoms with van der Waals surface area (Å²) in [7, 11) is 0. The second-order valence-corrected chi connectivity index (χ2v) is 6.37. The van der Waals surface area contributed by atoms with E-state index >= 15 is 0 Å². The third-order valence-electron chi connectivity index (χ3n) is 4.13. The molecule has 31 heavy (non-hydrogen) atoms. The molecule has 0 bridgehead atoms. The molecule has 3 N–H and O–H groups in total. The van der Waals surface area contributed by atoms with Crippen LogP contribution in [0.3, 0.4) is 0 Å². The van der Waals surface area contributed by atoms with Crippen molar-refractivity contribution in [3.05, 3.63) is 60.2 Å². The molecular weight excluding hydrogens is 402 g/mol. The fourth-order valence-electron chi connectivity index (χ4n) is 2.68. The largest absolute Gasteiger partial charge is 0.493 e. The van der Waals surface area contributed by atoms with Gasteiger partial charge in [-0.25, -0.2) is 0 Å². The minimum atomic E-state index is -0.779. The summed E-state index contributed by atoms with van der Waals surface area (Å²) in [5, 5.41) is 2.44. The van der Waals surface area contributed by atoms with Gasteiger partial charge in [0, 0.05) is 18.7 Å². The van der Waals surface area contributed by atoms with E-state index in [9.17, 15) is 19.2 Å². The van der Waals surface area contributed by atoms with Gasteiger partial charge >= 0.3 is 5.97 Å². The zero-order chi connectivity index (χ0) is 22.6. The van der Waals surface area contributed by atoms with Gasteiger partial charge in [0.15, 0.2) is 6.61 Å². The Morgan fingerprint density at radius 2 is 1.68 bits per heavy atom. The number of carbonyl (C=O) groups excluding carboxylic acids is 4. The first-order chi connectivity index (χ1) is 14.9. The van der Waals surface area contributed by atoms with Crippen LogP contribution in [0, 0.1) is 0 Å². The van der Waals surface area contributed by atoms with Crippen LogP contribution in [0.5, 0.6) is 5.75 Å². The SMILES string of the molecule is CCOc1ccccc1C(=O)NCC(=O)OCC(=O)N(CCC(N)=O)c1ccccc1. The third kappa shape index (κ3) is 7.46. The highest BCUT2D eigenvalue weighted by Gasteiger charge is 2.19. The number of hydrogen-bond donors (Lipinski definition) is 2. The number of rotatable bonds is 11. The van der Waals surface area contributed by atoms with Crippen LogP contribution in [0.4, 0.5) is 5.69 Å². The molecule has 0 aliphatic rings. The molecule has 0 saturated carbocycles. The second-order valence-electron chi connectivity index (χ2n) is 6.37. The number of hydrogen-bond acceptors (Lipinski definition) is 6. The fraction of sp³-hybridized carbons (Fsp3) is 0.273. The molecule has 3 amide bonds. The number of nitrogens with one attached hydrogen (secondary N) is 1. The zero-order valence-electron chi connectivity index (χ0n) is 17.2. The number of nitrogens with two attached hydrogens (primary N) is 1. The zero-order valence-corrected chi connectivity index (χ0v) is 17.2. The van der Waals surface area contributed by atoms with Gasteiger partial charge in [0.1, 0.15) is 12.3 Å². The van der Waals surface area contributed by atoms with Crippen molar-refractivity contribution in [2.24, 2.45) is 5.73 Å². The van der Waals surface area contributed by atoms with Crippen molar-refractivity contribution in [2.75, 3.05) is 31.2 Å². The summed E-state index contributed by atoms with van der Waals surface area (Å²) in [5.41, 5.74) is 6.01. The van der Waals surface area contributed by atoms with E-state index in [0.717, 1.165) is 0 Å². The lowest BCUT2D eigenvalue weighted by atomic mass is 10.2. The minimum Gasteiger partial charge on any atom is -0.493 e. The molecule has 0 fully saturated rings. The maximum Gasteiger partial charge on any atom is 0.325 e. The van der Waals surface area contributed by atoms with E-state index in [1.165, 1.54) is 4.90 Å². The van der Waals surface area contributed by atoms with Gasteiger partial charge in [-0.2, -0.15) is 0 Å². The van der Waals surface area contributed by atoms with Crippen LogP contribution in [0.1, 0.15) is 23.7 Å². The molecule has 2 rings (SSSR count). The normalized spacial score (nSPS) is 10.1. The van der Waals surface area contributed by atoms with Crippen molar-refractivity contribution in [3.63, 3.8) is 0 Å². The number of carbonyl (C=O) groups is 4. The number of amides is 3. The van der Waals surface area contributed by atoms with Crippen molar-refractivity contribution >= 4 is 29.4 Å². The van der Waals surface area contributed by atoms with Crippen molar-refractivity contribution in [2.45, 2.75) is 13.3 Å². The molecular formula is C22H25N3O6. The average molecular weight is 427 g/mol. The highest BCUT2D eigenvalue weighted by Crippen LogP contribution is 2.17. The van der Waals surface area contributed by atoms with Crippen molar-refractivity contribution in [1.82, 2.24) is 5.32 Å². The first-order valence-electron chi connectivity index (χ1n) is 9.71. The molecule has 0 aliphatic carbocycles. The van der Waals surface area contributed by atoms with E-state index in [1.807, 2.05) is 0 Å². The number of primary amides is 1. The first kappa shape index (κ1) is 23.4. The molecule has 2 aromatic carbocycles. The topological polar surface area (TPSA) is 128 Å². The van der Waals surface area contributed by atoms with Crippen molar-refractivity contribution in [1.29, 1.82) is 0 Å². The van der Waals surface area contributed by atoms with Gasteiger partial charge < -0.3 is 25.4 Å². The number of ether oxygens (including phenoxy) is 2. The summed E-state index contributed by atoms with van der Waals surface area (Å²) < 4.78 is 10.4. The smallest absolute Gasteiger partial charge is 0.325 e. The maximum atomic E-state index is 12.5. The molecule has 0 aromatic heterocycles. The Kier molecular flexibility index (Phi) is 9.03. The predicted octanol–water partition coefficient (Wildman–Crippen LogP) is 1.27. The number of para-hydroxylation sites is 2. The predicted molar refractivity (Wildman–Crippen MR) is 114 cm³/mol. The Morgan fingerprint density at radius 3 is 2.35 bits per heavy atom. The van der Waals surface area contributed by atoms with Crippen LogP contribution in [0.25, 0.3) is 0 Å². The summed E-state index contributed by atoms with van der Waals surface area (Å²) in [6, 6.07) is 15.3. The highest BCUT2D eigenvalue weighted by molar-refractivity contribution is 5.99. The van der Waals surface area contributed by atoms with Crippen LogP contribution >= 0.6 is 0 Å². The number of esters is 1. The summed E-state index contributed by atoms with van der Waals surface area (Å²) in [4.78, 5) is 49.3. The fourth-order valence-corrected chi connectivity index (χ4v) is 2.68. The molecule has 0 heterocycles. The molecule has 0 atom stereocenters. The van der Waals surface area contributed by atoms with E-state index in [-0.39, 0.29) is 18.5 Å². The van der Waals surface area contributed by atoms with E-state index in [1.54, 1.807) is 61.5 Å². The lowest BCUT2D eigenvalue weighted by Gasteiger charge is -2.22. The Morgan fingerprint density at radius 1 is 1.00 bits per heavy atom. The van der Waals surface area contributed by atoms with Crippen LogP contribution in [0.2, 0.25) is 0 Å². The summed E-state index contributed by atoms with van der Waals surface area (Å²) >= 11 is 0. The highest BCUT2D eigenvalue weighted by atomic mass is 16.5. The van der Waals surface area contributed by atoms with Crippen LogP contribution in [-0.4, -0.2) is 50.0 Å². The minimum absolute atomic E-state index is 0.0378. The van der Waals surface area contributed by atoms with Gasteiger partial charge in [-0.1, -0.05) is 30.3 Å². The molecule has 0 unspecified atom stereocenters. The number of anilines is 1. The summed E-state index contributed by atoms with van der Waals surface area (Å²) in [6.45, 7) is 1.28. The Hall–Kier alpha value is -3.88. The van der Waals surface area contributed by atoms with E-state index in [4.69, 9.17) is 15.2 Å².